The second-order valence-electron chi connectivity index (χ2n) is 10.8. The van der Waals surface area contributed by atoms with E-state index in [-0.39, 0.29) is 36.3 Å². The summed E-state index contributed by atoms with van der Waals surface area (Å²) in [5, 5.41) is 12.3. The van der Waals surface area contributed by atoms with Gasteiger partial charge in [-0.05, 0) is 52.9 Å². The van der Waals surface area contributed by atoms with Gasteiger partial charge in [0.15, 0.2) is 5.78 Å². The Morgan fingerprint density at radius 3 is 2.39 bits per heavy atom. The summed E-state index contributed by atoms with van der Waals surface area (Å²) in [5.74, 6) is 0.756. The van der Waals surface area contributed by atoms with E-state index in [9.17, 15) is 19.7 Å². The first-order valence-electron chi connectivity index (χ1n) is 14.2. The quantitative estimate of drug-likeness (QED) is 0.160. The average Bonchev–Trinajstić information content (AvgIpc) is 3.40. The highest BCUT2D eigenvalue weighted by Gasteiger charge is 2.33. The van der Waals surface area contributed by atoms with Crippen molar-refractivity contribution in [2.75, 3.05) is 7.11 Å². The molecule has 0 bridgehead atoms. The predicted molar refractivity (Wildman–Crippen MR) is 158 cm³/mol. The van der Waals surface area contributed by atoms with Crippen molar-refractivity contribution in [3.63, 3.8) is 0 Å². The second-order valence-corrected chi connectivity index (χ2v) is 10.8. The lowest BCUT2D eigenvalue weighted by atomic mass is 9.83. The lowest BCUT2D eigenvalue weighted by Gasteiger charge is -2.33. The van der Waals surface area contributed by atoms with Gasteiger partial charge in [0.1, 0.15) is 11.8 Å². The molecule has 8 heteroatoms. The number of para-hydroxylation sites is 1. The third kappa shape index (κ3) is 6.65. The number of ketones is 1. The van der Waals surface area contributed by atoms with Crippen molar-refractivity contribution in [2.45, 2.75) is 57.5 Å². The molecule has 3 aromatic carbocycles. The Morgan fingerprint density at radius 2 is 1.71 bits per heavy atom. The number of carbonyl (C=O) groups excluding carboxylic acids is 2. The van der Waals surface area contributed by atoms with Gasteiger partial charge in [-0.1, -0.05) is 62.4 Å². The Kier molecular flexibility index (Phi) is 8.77. The van der Waals surface area contributed by atoms with Crippen molar-refractivity contribution in [3.05, 3.63) is 106 Å². The number of methoxy groups -OCH3 is 1. The van der Waals surface area contributed by atoms with E-state index in [2.05, 4.69) is 4.98 Å². The molecule has 4 aromatic rings. The normalized spacial score (nSPS) is 14.5. The summed E-state index contributed by atoms with van der Waals surface area (Å²) in [6, 6.07) is 20.5. The van der Waals surface area contributed by atoms with E-state index in [1.165, 1.54) is 18.6 Å². The second kappa shape index (κ2) is 12.8. The molecular weight excluding hydrogens is 518 g/mol. The molecule has 1 aliphatic rings. The maximum absolute atomic E-state index is 14.2. The Hall–Kier alpha value is -4.46. The van der Waals surface area contributed by atoms with Gasteiger partial charge in [-0.3, -0.25) is 19.7 Å². The number of aromatic amines is 1. The van der Waals surface area contributed by atoms with Crippen molar-refractivity contribution in [1.82, 2.24) is 9.88 Å². The molecule has 1 saturated carbocycles. The molecule has 1 atom stereocenters. The summed E-state index contributed by atoms with van der Waals surface area (Å²) in [7, 11) is 1.60. The molecule has 1 aromatic heterocycles. The number of nitrogens with one attached hydrogen (secondary N) is 1. The fourth-order valence-corrected chi connectivity index (χ4v) is 5.90. The summed E-state index contributed by atoms with van der Waals surface area (Å²) in [5.41, 5.74) is 3.18. The van der Waals surface area contributed by atoms with Gasteiger partial charge in [-0.2, -0.15) is 0 Å². The van der Waals surface area contributed by atoms with Crippen LogP contribution in [0.3, 0.4) is 0 Å². The molecule has 0 spiro atoms. The van der Waals surface area contributed by atoms with Gasteiger partial charge >= 0.3 is 0 Å². The van der Waals surface area contributed by atoms with Gasteiger partial charge in [0.05, 0.1) is 18.5 Å². The maximum Gasteiger partial charge on any atom is 0.269 e. The maximum atomic E-state index is 14.2. The van der Waals surface area contributed by atoms with Gasteiger partial charge in [0, 0.05) is 42.2 Å². The third-order valence-electron chi connectivity index (χ3n) is 8.10. The van der Waals surface area contributed by atoms with Crippen molar-refractivity contribution in [2.24, 2.45) is 5.92 Å². The number of H-pyrrole nitrogens is 1. The highest BCUT2D eigenvalue weighted by atomic mass is 16.6. The molecule has 1 heterocycles. The van der Waals surface area contributed by atoms with Gasteiger partial charge < -0.3 is 14.6 Å². The van der Waals surface area contributed by atoms with E-state index in [0.717, 1.165) is 47.7 Å². The standard InChI is InChI=1S/C33H35N3O5/c1-41-28-17-11-24(12-18-28)22-35(32(38)20-26-21-34-30-10-6-5-9-29(26)30)33(25-13-15-27(16-14-25)36(39)40)31(37)19-23-7-3-2-4-8-23/h5-6,9-18,21,23,33-34H,2-4,7-8,19-20,22H2,1H3. The van der Waals surface area contributed by atoms with Crippen LogP contribution >= 0.6 is 0 Å². The van der Waals surface area contributed by atoms with Crippen LogP contribution in [0.1, 0.15) is 61.3 Å². The number of hydrogen-bond donors (Lipinski definition) is 1. The number of nitrogens with zero attached hydrogens (tertiary/aromatic N) is 2. The average molecular weight is 554 g/mol. The monoisotopic (exact) mass is 553 g/mol. The van der Waals surface area contributed by atoms with E-state index < -0.39 is 11.0 Å². The summed E-state index contributed by atoms with van der Waals surface area (Å²) in [6.45, 7) is 0.212. The number of ether oxygens (including phenoxy) is 1. The SMILES string of the molecule is COc1ccc(CN(C(=O)Cc2c[nH]c3ccccc23)C(C(=O)CC2CCCCC2)c2ccc([N+](=O)[O-])cc2)cc1. The van der Waals surface area contributed by atoms with Crippen molar-refractivity contribution >= 4 is 28.3 Å². The van der Waals surface area contributed by atoms with E-state index in [0.29, 0.717) is 17.7 Å². The molecule has 1 amide bonds. The highest BCUT2D eigenvalue weighted by Crippen LogP contribution is 2.33. The number of hydrogen-bond acceptors (Lipinski definition) is 5. The number of rotatable bonds is 11. The van der Waals surface area contributed by atoms with Crippen LogP contribution < -0.4 is 4.74 Å². The zero-order valence-corrected chi connectivity index (χ0v) is 23.3. The van der Waals surface area contributed by atoms with E-state index in [4.69, 9.17) is 4.74 Å². The van der Waals surface area contributed by atoms with Gasteiger partial charge in [0.25, 0.3) is 5.69 Å². The van der Waals surface area contributed by atoms with Crippen LogP contribution in [0, 0.1) is 16.0 Å². The number of nitro benzene ring substituents is 1. The first-order chi connectivity index (χ1) is 19.9. The molecule has 5 rings (SSSR count). The van der Waals surface area contributed by atoms with Gasteiger partial charge in [0.2, 0.25) is 5.91 Å². The molecule has 0 aliphatic heterocycles. The number of benzene rings is 3. The topological polar surface area (TPSA) is 106 Å². The van der Waals surface area contributed by atoms with E-state index in [1.54, 1.807) is 24.1 Å². The number of Topliss-reactive ketones (excluding diaryl/α,β-unsaturated/α-hetero) is 1. The number of non-ortho nitro benzene ring substituents is 1. The molecule has 212 valence electrons. The largest absolute Gasteiger partial charge is 0.497 e. The number of carbonyl (C=O) groups is 2. The van der Waals surface area contributed by atoms with Crippen LogP contribution in [0.4, 0.5) is 5.69 Å². The first kappa shape index (κ1) is 28.1. The van der Waals surface area contributed by atoms with Gasteiger partial charge in [-0.15, -0.1) is 0 Å². The molecule has 1 fully saturated rings. The number of nitro groups is 1. The van der Waals surface area contributed by atoms with Crippen LogP contribution in [0.15, 0.2) is 79.0 Å². The Labute approximate surface area is 239 Å². The zero-order valence-electron chi connectivity index (χ0n) is 23.3. The lowest BCUT2D eigenvalue weighted by Crippen LogP contribution is -2.40. The summed E-state index contributed by atoms with van der Waals surface area (Å²) < 4.78 is 5.31. The zero-order chi connectivity index (χ0) is 28.8. The number of aromatic nitrogens is 1. The number of fused-ring (bicyclic) bond motifs is 1. The summed E-state index contributed by atoms with van der Waals surface area (Å²) >= 11 is 0. The van der Waals surface area contributed by atoms with Crippen molar-refractivity contribution < 1.29 is 19.2 Å². The minimum Gasteiger partial charge on any atom is -0.497 e. The lowest BCUT2D eigenvalue weighted by molar-refractivity contribution is -0.384. The summed E-state index contributed by atoms with van der Waals surface area (Å²) in [4.78, 5) is 44.1. The molecule has 41 heavy (non-hydrogen) atoms. The third-order valence-corrected chi connectivity index (χ3v) is 8.10. The fraction of sp³-hybridized carbons (Fsp3) is 0.333. The Balaban J connectivity index is 1.53. The minimum atomic E-state index is -0.863. The molecule has 0 radical (unpaired) electrons. The van der Waals surface area contributed by atoms with Crippen LogP contribution in [-0.2, 0) is 22.6 Å². The van der Waals surface area contributed by atoms with E-state index >= 15 is 0 Å². The molecule has 1 N–H and O–H groups in total. The van der Waals surface area contributed by atoms with Crippen LogP contribution in [0.2, 0.25) is 0 Å². The minimum absolute atomic E-state index is 0.0356. The van der Waals surface area contributed by atoms with Crippen molar-refractivity contribution in [1.29, 1.82) is 0 Å². The molecule has 1 aliphatic carbocycles. The molecule has 8 nitrogen and oxygen atoms in total. The number of amides is 1. The Bertz CT molecular complexity index is 1500. The van der Waals surface area contributed by atoms with Crippen LogP contribution in [0.5, 0.6) is 5.75 Å². The van der Waals surface area contributed by atoms with Crippen molar-refractivity contribution in [3.8, 4) is 5.75 Å². The van der Waals surface area contributed by atoms with Crippen LogP contribution in [-0.4, -0.2) is 33.6 Å². The Morgan fingerprint density at radius 1 is 1.00 bits per heavy atom. The summed E-state index contributed by atoms with van der Waals surface area (Å²) in [6.07, 6.45) is 7.73. The van der Waals surface area contributed by atoms with Crippen LogP contribution in [0.25, 0.3) is 10.9 Å². The molecule has 1 unspecified atom stereocenters. The molecular formula is C33H35N3O5. The highest BCUT2D eigenvalue weighted by molar-refractivity contribution is 5.93. The van der Waals surface area contributed by atoms with Gasteiger partial charge in [-0.25, -0.2) is 0 Å². The predicted octanol–water partition coefficient (Wildman–Crippen LogP) is 6.94. The fourth-order valence-electron chi connectivity index (χ4n) is 5.90. The first-order valence-corrected chi connectivity index (χ1v) is 14.2. The smallest absolute Gasteiger partial charge is 0.269 e. The van der Waals surface area contributed by atoms with E-state index in [1.807, 2.05) is 54.7 Å². The molecule has 0 saturated heterocycles.